The average Bonchev–Trinajstić information content (AvgIpc) is 2.52. The molecule has 1 aromatic carbocycles. The summed E-state index contributed by atoms with van der Waals surface area (Å²) in [5, 5.41) is 3.13. The normalized spacial score (nSPS) is 11.1. The molecule has 0 fully saturated rings. The zero-order valence-electron chi connectivity index (χ0n) is 13.2. The number of benzene rings is 1. The van der Waals surface area contributed by atoms with E-state index in [2.05, 4.69) is 15.0 Å². The quantitative estimate of drug-likeness (QED) is 0.844. The minimum atomic E-state index is -3.18. The molecule has 0 amide bonds. The van der Waals surface area contributed by atoms with E-state index in [0.29, 0.717) is 23.6 Å². The van der Waals surface area contributed by atoms with Crippen LogP contribution in [0.2, 0.25) is 0 Å². The highest BCUT2D eigenvalue weighted by molar-refractivity contribution is 7.90. The van der Waals surface area contributed by atoms with Crippen LogP contribution in [0.1, 0.15) is 21.6 Å². The van der Waals surface area contributed by atoms with Crippen LogP contribution < -0.4 is 5.32 Å². The Morgan fingerprint density at radius 3 is 2.35 bits per heavy atom. The number of ether oxygens (including phenoxy) is 1. The molecule has 23 heavy (non-hydrogen) atoms. The summed E-state index contributed by atoms with van der Waals surface area (Å²) >= 11 is 0. The molecule has 7 heteroatoms. The molecule has 0 aliphatic heterocycles. The minimum Gasteiger partial charge on any atom is -0.465 e. The molecule has 0 spiro atoms. The van der Waals surface area contributed by atoms with Crippen molar-refractivity contribution in [1.29, 1.82) is 0 Å². The number of carbonyl (C=O) groups is 1. The number of hydrogen-bond donors (Lipinski definition) is 1. The van der Waals surface area contributed by atoms with Crippen LogP contribution in [0, 0.1) is 6.92 Å². The van der Waals surface area contributed by atoms with Crippen molar-refractivity contribution in [2.24, 2.45) is 0 Å². The van der Waals surface area contributed by atoms with Gasteiger partial charge in [-0.15, -0.1) is 0 Å². The van der Waals surface area contributed by atoms with Crippen molar-refractivity contribution < 1.29 is 17.9 Å². The fraction of sp³-hybridized carbons (Fsp3) is 0.250. The second-order valence-electron chi connectivity index (χ2n) is 5.09. The summed E-state index contributed by atoms with van der Waals surface area (Å²) in [4.78, 5) is 16.1. The Morgan fingerprint density at radius 2 is 1.83 bits per heavy atom. The van der Waals surface area contributed by atoms with E-state index in [9.17, 15) is 13.2 Å². The van der Waals surface area contributed by atoms with Crippen LogP contribution in [0.3, 0.4) is 0 Å². The lowest BCUT2D eigenvalue weighted by molar-refractivity contribution is 0.0599. The number of nitrogens with one attached hydrogen (secondary N) is 1. The number of methoxy groups -OCH3 is 1. The standard InChI is InChI=1S/C16H18N2O4S/c1-11-14(16(19)22-2)8-9-15(18-11)17-10-12-4-6-13(7-5-12)23(3,20)21/h4-9H,10H2,1-3H3,(H,17,18). The predicted octanol–water partition coefficient (Wildman–Crippen LogP) is 2.19. The summed E-state index contributed by atoms with van der Waals surface area (Å²) in [5.74, 6) is 0.209. The number of hydrogen-bond acceptors (Lipinski definition) is 6. The maximum Gasteiger partial charge on any atom is 0.339 e. The lowest BCUT2D eigenvalue weighted by atomic mass is 10.2. The molecule has 0 unspecified atom stereocenters. The molecule has 122 valence electrons. The second kappa shape index (κ2) is 6.78. The molecule has 0 aliphatic rings. The van der Waals surface area contributed by atoms with Crippen molar-refractivity contribution >= 4 is 21.6 Å². The van der Waals surface area contributed by atoms with Gasteiger partial charge in [-0.1, -0.05) is 12.1 Å². The third kappa shape index (κ3) is 4.29. The van der Waals surface area contributed by atoms with Gasteiger partial charge in [-0.2, -0.15) is 0 Å². The number of esters is 1. The van der Waals surface area contributed by atoms with E-state index in [-0.39, 0.29) is 4.90 Å². The van der Waals surface area contributed by atoms with Crippen molar-refractivity contribution in [3.8, 4) is 0 Å². The SMILES string of the molecule is COC(=O)c1ccc(NCc2ccc(S(C)(=O)=O)cc2)nc1C. The maximum absolute atomic E-state index is 11.5. The average molecular weight is 334 g/mol. The fourth-order valence-electron chi connectivity index (χ4n) is 2.03. The van der Waals surface area contributed by atoms with Gasteiger partial charge in [0.15, 0.2) is 9.84 Å². The highest BCUT2D eigenvalue weighted by Gasteiger charge is 2.10. The van der Waals surface area contributed by atoms with E-state index < -0.39 is 15.8 Å². The third-order valence-corrected chi connectivity index (χ3v) is 4.44. The first-order valence-electron chi connectivity index (χ1n) is 6.90. The van der Waals surface area contributed by atoms with Crippen molar-refractivity contribution in [2.75, 3.05) is 18.7 Å². The molecular formula is C16H18N2O4S. The molecule has 1 heterocycles. The number of carbonyl (C=O) groups excluding carboxylic acids is 1. The lowest BCUT2D eigenvalue weighted by Crippen LogP contribution is -2.08. The first kappa shape index (κ1) is 17.0. The highest BCUT2D eigenvalue weighted by atomic mass is 32.2. The minimum absolute atomic E-state index is 0.289. The van der Waals surface area contributed by atoms with Gasteiger partial charge in [0.1, 0.15) is 5.82 Å². The first-order chi connectivity index (χ1) is 10.8. The van der Waals surface area contributed by atoms with Gasteiger partial charge in [-0.25, -0.2) is 18.2 Å². The van der Waals surface area contributed by atoms with Gasteiger partial charge >= 0.3 is 5.97 Å². The van der Waals surface area contributed by atoms with Crippen LogP contribution in [0.15, 0.2) is 41.3 Å². The maximum atomic E-state index is 11.5. The Kier molecular flexibility index (Phi) is 5.00. The van der Waals surface area contributed by atoms with Crippen LogP contribution >= 0.6 is 0 Å². The van der Waals surface area contributed by atoms with Gasteiger partial charge in [0.25, 0.3) is 0 Å². The number of sulfone groups is 1. The molecule has 2 aromatic rings. The Hall–Kier alpha value is -2.41. The lowest BCUT2D eigenvalue weighted by Gasteiger charge is -2.09. The van der Waals surface area contributed by atoms with E-state index in [1.54, 1.807) is 43.3 Å². The summed E-state index contributed by atoms with van der Waals surface area (Å²) in [6.45, 7) is 2.23. The molecule has 0 radical (unpaired) electrons. The molecule has 2 rings (SSSR count). The van der Waals surface area contributed by atoms with E-state index in [0.717, 1.165) is 5.56 Å². The van der Waals surface area contributed by atoms with Crippen molar-refractivity contribution in [3.63, 3.8) is 0 Å². The van der Waals surface area contributed by atoms with Gasteiger partial charge in [0.05, 0.1) is 23.3 Å². The van der Waals surface area contributed by atoms with Crippen molar-refractivity contribution in [2.45, 2.75) is 18.4 Å². The number of pyridine rings is 1. The zero-order chi connectivity index (χ0) is 17.0. The van der Waals surface area contributed by atoms with Gasteiger partial charge < -0.3 is 10.1 Å². The molecule has 6 nitrogen and oxygen atoms in total. The molecule has 0 atom stereocenters. The first-order valence-corrected chi connectivity index (χ1v) is 8.79. The van der Waals surface area contributed by atoms with Crippen LogP contribution in [0.4, 0.5) is 5.82 Å². The fourth-order valence-corrected chi connectivity index (χ4v) is 2.66. The van der Waals surface area contributed by atoms with E-state index in [1.165, 1.54) is 13.4 Å². The van der Waals surface area contributed by atoms with Gasteiger partial charge in [0, 0.05) is 12.8 Å². The van der Waals surface area contributed by atoms with E-state index >= 15 is 0 Å². The van der Waals surface area contributed by atoms with E-state index in [4.69, 9.17) is 0 Å². The zero-order valence-corrected chi connectivity index (χ0v) is 14.0. The monoisotopic (exact) mass is 334 g/mol. The molecule has 1 aromatic heterocycles. The smallest absolute Gasteiger partial charge is 0.339 e. The molecule has 0 saturated heterocycles. The molecule has 0 saturated carbocycles. The Bertz CT molecular complexity index is 814. The number of nitrogens with zero attached hydrogens (tertiary/aromatic N) is 1. The third-order valence-electron chi connectivity index (χ3n) is 3.32. The van der Waals surface area contributed by atoms with Crippen molar-refractivity contribution in [1.82, 2.24) is 4.98 Å². The number of anilines is 1. The number of aromatic nitrogens is 1. The van der Waals surface area contributed by atoms with Crippen LogP contribution in [-0.2, 0) is 21.1 Å². The number of rotatable bonds is 5. The summed E-state index contributed by atoms with van der Waals surface area (Å²) < 4.78 is 27.5. The van der Waals surface area contributed by atoms with E-state index in [1.807, 2.05) is 0 Å². The molecule has 1 N–H and O–H groups in total. The van der Waals surface area contributed by atoms with Gasteiger partial charge in [0.2, 0.25) is 0 Å². The summed E-state index contributed by atoms with van der Waals surface area (Å²) in [5.41, 5.74) is 1.93. The summed E-state index contributed by atoms with van der Waals surface area (Å²) in [7, 11) is -1.86. The molecular weight excluding hydrogens is 316 g/mol. The Morgan fingerprint density at radius 1 is 1.17 bits per heavy atom. The topological polar surface area (TPSA) is 85.4 Å². The Labute approximate surface area is 135 Å². The number of aryl methyl sites for hydroxylation is 1. The summed E-state index contributed by atoms with van der Waals surface area (Å²) in [6.07, 6.45) is 1.18. The Balaban J connectivity index is 2.06. The van der Waals surface area contributed by atoms with Gasteiger partial charge in [-0.3, -0.25) is 0 Å². The molecule has 0 aliphatic carbocycles. The summed E-state index contributed by atoms with van der Waals surface area (Å²) in [6, 6.07) is 10.0. The van der Waals surface area contributed by atoms with Gasteiger partial charge in [-0.05, 0) is 36.8 Å². The largest absolute Gasteiger partial charge is 0.465 e. The second-order valence-corrected chi connectivity index (χ2v) is 7.11. The molecule has 0 bridgehead atoms. The van der Waals surface area contributed by atoms with Crippen molar-refractivity contribution in [3.05, 3.63) is 53.2 Å². The van der Waals surface area contributed by atoms with Crippen LogP contribution in [-0.4, -0.2) is 32.7 Å². The highest BCUT2D eigenvalue weighted by Crippen LogP contribution is 2.14. The van der Waals surface area contributed by atoms with Crippen LogP contribution in [0.25, 0.3) is 0 Å². The predicted molar refractivity (Wildman–Crippen MR) is 87.2 cm³/mol. The van der Waals surface area contributed by atoms with Crippen LogP contribution in [0.5, 0.6) is 0 Å².